The average Bonchev–Trinajstić information content (AvgIpc) is 2.66. The zero-order valence-electron chi connectivity index (χ0n) is 16.9. The van der Waals surface area contributed by atoms with Crippen LogP contribution in [0.25, 0.3) is 0 Å². The molecule has 0 aliphatic carbocycles. The molecule has 3 atom stereocenters. The first-order chi connectivity index (χ1) is 14.1. The van der Waals surface area contributed by atoms with Gasteiger partial charge in [0.05, 0.1) is 6.04 Å². The molecule has 13 nitrogen and oxygen atoms in total. The molecular weight excluding hydrogens is 398 g/mol. The van der Waals surface area contributed by atoms with Gasteiger partial charge in [-0.2, -0.15) is 0 Å². The van der Waals surface area contributed by atoms with Crippen molar-refractivity contribution in [3.05, 3.63) is 0 Å². The van der Waals surface area contributed by atoms with E-state index >= 15 is 0 Å². The Morgan fingerprint density at radius 2 is 1.50 bits per heavy atom. The summed E-state index contributed by atoms with van der Waals surface area (Å²) >= 11 is 0. The van der Waals surface area contributed by atoms with Crippen LogP contribution >= 0.6 is 0 Å². The molecule has 172 valence electrons. The molecule has 12 N–H and O–H groups in total. The number of unbranched alkanes of at least 4 members (excludes halogenated alkanes) is 1. The molecule has 0 rings (SSSR count). The Kier molecular flexibility index (Phi) is 13.5. The first-order valence-corrected chi connectivity index (χ1v) is 9.64. The summed E-state index contributed by atoms with van der Waals surface area (Å²) in [5, 5.41) is 22.7. The SMILES string of the molecule is NCCCC[C@H](N)C(=O)N[C@@H](CCCN=C(N)N)C(=O)N[C@@H](CCC(=O)O)C(=O)O. The minimum absolute atomic E-state index is 0.120. The number of nitrogens with one attached hydrogen (secondary N) is 2. The number of carbonyl (C=O) groups is 4. The lowest BCUT2D eigenvalue weighted by Gasteiger charge is -2.22. The second-order valence-electron chi connectivity index (χ2n) is 6.73. The Bertz CT molecular complexity index is 609. The first-order valence-electron chi connectivity index (χ1n) is 9.64. The number of carboxylic acid groups (broad SMARTS) is 2. The Morgan fingerprint density at radius 1 is 0.867 bits per heavy atom. The molecule has 30 heavy (non-hydrogen) atoms. The summed E-state index contributed by atoms with van der Waals surface area (Å²) in [6.45, 7) is 0.670. The molecule has 0 bridgehead atoms. The van der Waals surface area contributed by atoms with Gasteiger partial charge in [-0.25, -0.2) is 4.79 Å². The summed E-state index contributed by atoms with van der Waals surface area (Å²) in [7, 11) is 0. The maximum atomic E-state index is 12.6. The fourth-order valence-electron chi connectivity index (χ4n) is 2.49. The standard InChI is InChI=1S/C17H33N7O6/c18-8-2-1-4-10(19)14(27)23-11(5-3-9-22-17(20)21)15(28)24-12(16(29)30)6-7-13(25)26/h10-12H,1-9,18-19H2,(H,23,27)(H,24,28)(H,25,26)(H,29,30)(H4,20,21,22)/t10-,11-,12-/m0/s1. The van der Waals surface area contributed by atoms with Crippen LogP contribution in [0.3, 0.4) is 0 Å². The van der Waals surface area contributed by atoms with E-state index in [0.29, 0.717) is 32.2 Å². The van der Waals surface area contributed by atoms with Gasteiger partial charge >= 0.3 is 11.9 Å². The van der Waals surface area contributed by atoms with Crippen LogP contribution in [0, 0.1) is 0 Å². The normalized spacial score (nSPS) is 13.5. The number of carboxylic acids is 2. The van der Waals surface area contributed by atoms with Gasteiger partial charge in [-0.1, -0.05) is 6.42 Å². The maximum Gasteiger partial charge on any atom is 0.326 e. The lowest BCUT2D eigenvalue weighted by molar-refractivity contribution is -0.143. The second-order valence-corrected chi connectivity index (χ2v) is 6.73. The van der Waals surface area contributed by atoms with Gasteiger partial charge in [-0.3, -0.25) is 19.4 Å². The maximum absolute atomic E-state index is 12.6. The van der Waals surface area contributed by atoms with Crippen molar-refractivity contribution >= 4 is 29.7 Å². The van der Waals surface area contributed by atoms with Crippen molar-refractivity contribution in [3.63, 3.8) is 0 Å². The molecule has 0 spiro atoms. The summed E-state index contributed by atoms with van der Waals surface area (Å²) in [6, 6.07) is -3.35. The fraction of sp³-hybridized carbons (Fsp3) is 0.706. The molecule has 0 aromatic rings. The van der Waals surface area contributed by atoms with Crippen LogP contribution in [0.15, 0.2) is 4.99 Å². The van der Waals surface area contributed by atoms with E-state index in [9.17, 15) is 24.3 Å². The molecule has 0 radical (unpaired) electrons. The van der Waals surface area contributed by atoms with Crippen LogP contribution in [0.4, 0.5) is 0 Å². The lowest BCUT2D eigenvalue weighted by Crippen LogP contribution is -2.54. The molecule has 0 aliphatic heterocycles. The Balaban J connectivity index is 5.07. The van der Waals surface area contributed by atoms with Gasteiger partial charge in [0, 0.05) is 13.0 Å². The summed E-state index contributed by atoms with van der Waals surface area (Å²) in [4.78, 5) is 50.7. The highest BCUT2D eigenvalue weighted by atomic mass is 16.4. The molecular formula is C17H33N7O6. The van der Waals surface area contributed by atoms with Crippen LogP contribution in [0.2, 0.25) is 0 Å². The topological polar surface area (TPSA) is 249 Å². The number of rotatable bonds is 16. The number of nitrogens with two attached hydrogens (primary N) is 4. The van der Waals surface area contributed by atoms with Crippen molar-refractivity contribution in [2.45, 2.75) is 63.1 Å². The minimum atomic E-state index is -1.41. The number of aliphatic imine (C=N–C) groups is 1. The van der Waals surface area contributed by atoms with E-state index in [1.807, 2.05) is 0 Å². The molecule has 0 fully saturated rings. The molecule has 0 heterocycles. The zero-order chi connectivity index (χ0) is 23.1. The van der Waals surface area contributed by atoms with Crippen LogP contribution in [-0.2, 0) is 19.2 Å². The van der Waals surface area contributed by atoms with Gasteiger partial charge in [-0.05, 0) is 38.6 Å². The molecule has 0 aromatic heterocycles. The number of hydrogen-bond donors (Lipinski definition) is 8. The van der Waals surface area contributed by atoms with Gasteiger partial charge < -0.3 is 43.8 Å². The van der Waals surface area contributed by atoms with Crippen LogP contribution in [0.5, 0.6) is 0 Å². The van der Waals surface area contributed by atoms with E-state index in [1.165, 1.54) is 0 Å². The summed E-state index contributed by atoms with van der Waals surface area (Å²) in [5.41, 5.74) is 21.7. The number of nitrogens with zero attached hydrogens (tertiary/aromatic N) is 1. The summed E-state index contributed by atoms with van der Waals surface area (Å²) in [5.74, 6) is -4.03. The highest BCUT2D eigenvalue weighted by molar-refractivity contribution is 5.91. The number of hydrogen-bond acceptors (Lipinski definition) is 7. The van der Waals surface area contributed by atoms with E-state index in [4.69, 9.17) is 28.0 Å². The van der Waals surface area contributed by atoms with Crippen LogP contribution < -0.4 is 33.6 Å². The summed E-state index contributed by atoms with van der Waals surface area (Å²) in [6.07, 6.45) is 1.42. The van der Waals surface area contributed by atoms with E-state index < -0.39 is 48.3 Å². The van der Waals surface area contributed by atoms with Gasteiger partial charge in [-0.15, -0.1) is 0 Å². The molecule has 0 unspecified atom stereocenters. The molecule has 0 aromatic carbocycles. The van der Waals surface area contributed by atoms with Crippen molar-refractivity contribution in [2.75, 3.05) is 13.1 Å². The quantitative estimate of drug-likeness (QED) is 0.0719. The summed E-state index contributed by atoms with van der Waals surface area (Å²) < 4.78 is 0. The van der Waals surface area contributed by atoms with Crippen LogP contribution in [0.1, 0.15) is 44.9 Å². The van der Waals surface area contributed by atoms with Crippen LogP contribution in [-0.4, -0.2) is 71.1 Å². The van der Waals surface area contributed by atoms with Crippen molar-refractivity contribution in [1.82, 2.24) is 10.6 Å². The predicted octanol–water partition coefficient (Wildman–Crippen LogP) is -2.58. The van der Waals surface area contributed by atoms with E-state index in [-0.39, 0.29) is 25.3 Å². The van der Waals surface area contributed by atoms with E-state index in [1.54, 1.807) is 0 Å². The molecule has 13 heteroatoms. The van der Waals surface area contributed by atoms with Gasteiger partial charge in [0.15, 0.2) is 5.96 Å². The number of amides is 2. The van der Waals surface area contributed by atoms with E-state index in [2.05, 4.69) is 15.6 Å². The Labute approximate surface area is 174 Å². The van der Waals surface area contributed by atoms with Gasteiger partial charge in [0.25, 0.3) is 0 Å². The van der Waals surface area contributed by atoms with Crippen molar-refractivity contribution < 1.29 is 29.4 Å². The van der Waals surface area contributed by atoms with Gasteiger partial charge in [0.2, 0.25) is 11.8 Å². The zero-order valence-corrected chi connectivity index (χ0v) is 16.9. The average molecular weight is 431 g/mol. The number of carbonyl (C=O) groups excluding carboxylic acids is 2. The third kappa shape index (κ3) is 12.5. The Hall–Kier alpha value is -2.93. The van der Waals surface area contributed by atoms with Crippen molar-refractivity contribution in [3.8, 4) is 0 Å². The van der Waals surface area contributed by atoms with Crippen molar-refractivity contribution in [2.24, 2.45) is 27.9 Å². The molecule has 0 aliphatic rings. The lowest BCUT2D eigenvalue weighted by atomic mass is 10.1. The number of guanidine groups is 1. The largest absolute Gasteiger partial charge is 0.481 e. The predicted molar refractivity (Wildman–Crippen MR) is 109 cm³/mol. The highest BCUT2D eigenvalue weighted by Crippen LogP contribution is 2.05. The molecule has 2 amide bonds. The minimum Gasteiger partial charge on any atom is -0.481 e. The first kappa shape index (κ1) is 27.1. The monoisotopic (exact) mass is 431 g/mol. The second kappa shape index (κ2) is 15.0. The van der Waals surface area contributed by atoms with E-state index in [0.717, 1.165) is 0 Å². The number of aliphatic carboxylic acids is 2. The molecule has 0 saturated carbocycles. The van der Waals surface area contributed by atoms with Crippen molar-refractivity contribution in [1.29, 1.82) is 0 Å². The smallest absolute Gasteiger partial charge is 0.326 e. The third-order valence-corrected chi connectivity index (χ3v) is 4.15. The third-order valence-electron chi connectivity index (χ3n) is 4.15. The highest BCUT2D eigenvalue weighted by Gasteiger charge is 2.28. The fourth-order valence-corrected chi connectivity index (χ4v) is 2.49. The van der Waals surface area contributed by atoms with Gasteiger partial charge in [0.1, 0.15) is 12.1 Å². The Morgan fingerprint density at radius 3 is 2.03 bits per heavy atom. The molecule has 0 saturated heterocycles.